The molecule has 40 heavy (non-hydrogen) atoms. The van der Waals surface area contributed by atoms with Crippen LogP contribution >= 0.6 is 0 Å². The minimum Gasteiger partial charge on any atom is -0.346 e. The molecule has 9 heteroatoms. The van der Waals surface area contributed by atoms with Crippen molar-refractivity contribution in [2.45, 2.75) is 24.4 Å². The van der Waals surface area contributed by atoms with Gasteiger partial charge in [-0.25, -0.2) is 8.42 Å². The number of aromatic nitrogens is 1. The third-order valence-electron chi connectivity index (χ3n) is 6.89. The number of hydrogen-bond donors (Lipinski definition) is 1. The molecule has 0 fully saturated rings. The molecule has 0 bridgehead atoms. The monoisotopic (exact) mass is 553 g/mol. The van der Waals surface area contributed by atoms with E-state index in [4.69, 9.17) is 0 Å². The maximum atomic E-state index is 12.9. The Morgan fingerprint density at radius 2 is 1.65 bits per heavy atom. The van der Waals surface area contributed by atoms with Crippen LogP contribution in [0.15, 0.2) is 108 Å². The maximum absolute atomic E-state index is 12.9. The van der Waals surface area contributed by atoms with E-state index in [9.17, 15) is 23.3 Å². The second kappa shape index (κ2) is 10.8. The van der Waals surface area contributed by atoms with Crippen LogP contribution < -0.4 is 5.32 Å². The van der Waals surface area contributed by atoms with E-state index >= 15 is 0 Å². The highest BCUT2D eigenvalue weighted by Crippen LogP contribution is 2.28. The van der Waals surface area contributed by atoms with Crippen LogP contribution in [-0.4, -0.2) is 30.1 Å². The first-order valence-corrected chi connectivity index (χ1v) is 14.5. The van der Waals surface area contributed by atoms with Gasteiger partial charge in [0.2, 0.25) is 0 Å². The number of nitro benzene ring substituents is 1. The van der Waals surface area contributed by atoms with Gasteiger partial charge in [-0.15, -0.1) is 0 Å². The number of non-ortho nitro benzene ring substituents is 1. The molecular formula is C31H27N3O5S. The van der Waals surface area contributed by atoms with Gasteiger partial charge in [0, 0.05) is 53.2 Å². The summed E-state index contributed by atoms with van der Waals surface area (Å²) in [5.41, 5.74) is 4.84. The van der Waals surface area contributed by atoms with Crippen molar-refractivity contribution in [3.63, 3.8) is 0 Å². The fourth-order valence-electron chi connectivity index (χ4n) is 4.74. The zero-order valence-corrected chi connectivity index (χ0v) is 22.8. The fraction of sp³-hybridized carbons (Fsp3) is 0.129. The number of carbonyl (C=O) groups is 1. The fourth-order valence-corrected chi connectivity index (χ4v) is 5.65. The first-order valence-electron chi connectivity index (χ1n) is 12.6. The van der Waals surface area contributed by atoms with Crippen molar-refractivity contribution in [1.82, 2.24) is 9.88 Å². The van der Waals surface area contributed by atoms with Crippen molar-refractivity contribution in [3.8, 4) is 11.1 Å². The minimum atomic E-state index is -3.35. The molecule has 1 aromatic heterocycles. The molecule has 5 rings (SSSR count). The molecule has 1 heterocycles. The number of carbonyl (C=O) groups excluding carboxylic acids is 1. The lowest BCUT2D eigenvalue weighted by molar-refractivity contribution is -0.384. The number of nitro groups is 1. The quantitative estimate of drug-likeness (QED) is 0.183. The Morgan fingerprint density at radius 1 is 0.950 bits per heavy atom. The average Bonchev–Trinajstić information content (AvgIpc) is 3.34. The molecule has 0 spiro atoms. The van der Waals surface area contributed by atoms with E-state index in [1.165, 1.54) is 18.4 Å². The Labute approximate surface area is 232 Å². The van der Waals surface area contributed by atoms with E-state index in [1.54, 1.807) is 30.3 Å². The Bertz CT molecular complexity index is 1830. The molecule has 0 radical (unpaired) electrons. The highest BCUT2D eigenvalue weighted by Gasteiger charge is 2.16. The molecule has 1 N–H and O–H groups in total. The molecule has 0 aliphatic heterocycles. The Morgan fingerprint density at radius 3 is 2.33 bits per heavy atom. The van der Waals surface area contributed by atoms with Crippen LogP contribution in [0.4, 0.5) is 5.69 Å². The van der Waals surface area contributed by atoms with Gasteiger partial charge in [0.15, 0.2) is 9.84 Å². The second-order valence-electron chi connectivity index (χ2n) is 9.73. The number of benzene rings is 4. The van der Waals surface area contributed by atoms with Crippen LogP contribution in [0, 0.1) is 10.1 Å². The number of nitrogens with one attached hydrogen (secondary N) is 1. The molecule has 1 atom stereocenters. The van der Waals surface area contributed by atoms with Gasteiger partial charge in [0.05, 0.1) is 15.9 Å². The number of nitrogens with zero attached hydrogens (tertiary/aromatic N) is 2. The third kappa shape index (κ3) is 5.64. The van der Waals surface area contributed by atoms with Crippen molar-refractivity contribution in [3.05, 3.63) is 130 Å². The van der Waals surface area contributed by atoms with Gasteiger partial charge in [-0.1, -0.05) is 54.6 Å². The van der Waals surface area contributed by atoms with Gasteiger partial charge in [0.25, 0.3) is 11.6 Å². The Kier molecular flexibility index (Phi) is 7.23. The molecule has 4 aromatic carbocycles. The summed E-state index contributed by atoms with van der Waals surface area (Å²) in [6, 6.07) is 28.1. The van der Waals surface area contributed by atoms with Crippen LogP contribution in [-0.2, 0) is 16.4 Å². The van der Waals surface area contributed by atoms with Gasteiger partial charge in [0.1, 0.15) is 0 Å². The van der Waals surface area contributed by atoms with Gasteiger partial charge < -0.3 is 9.88 Å². The van der Waals surface area contributed by atoms with Gasteiger partial charge in [-0.2, -0.15) is 0 Å². The van der Waals surface area contributed by atoms with Crippen LogP contribution in [0.5, 0.6) is 0 Å². The molecule has 5 aromatic rings. The molecular weight excluding hydrogens is 526 g/mol. The van der Waals surface area contributed by atoms with Gasteiger partial charge >= 0.3 is 0 Å². The van der Waals surface area contributed by atoms with Crippen LogP contribution in [0.1, 0.15) is 34.5 Å². The predicted molar refractivity (Wildman–Crippen MR) is 155 cm³/mol. The van der Waals surface area contributed by atoms with E-state index in [0.29, 0.717) is 22.6 Å². The van der Waals surface area contributed by atoms with E-state index < -0.39 is 14.8 Å². The molecule has 0 saturated heterocycles. The Balaban J connectivity index is 1.30. The van der Waals surface area contributed by atoms with Crippen LogP contribution in [0.3, 0.4) is 0 Å². The van der Waals surface area contributed by atoms with Crippen LogP contribution in [0.2, 0.25) is 0 Å². The van der Waals surface area contributed by atoms with Gasteiger partial charge in [-0.3, -0.25) is 14.9 Å². The summed E-state index contributed by atoms with van der Waals surface area (Å²) >= 11 is 0. The summed E-state index contributed by atoms with van der Waals surface area (Å²) in [5.74, 6) is -0.231. The lowest BCUT2D eigenvalue weighted by Crippen LogP contribution is -2.26. The molecule has 0 saturated carbocycles. The highest BCUT2D eigenvalue weighted by molar-refractivity contribution is 7.90. The van der Waals surface area contributed by atoms with E-state index in [1.807, 2.05) is 67.7 Å². The summed E-state index contributed by atoms with van der Waals surface area (Å²) < 4.78 is 26.5. The predicted octanol–water partition coefficient (Wildman–Crippen LogP) is 6.16. The molecule has 0 aliphatic carbocycles. The lowest BCUT2D eigenvalue weighted by Gasteiger charge is -2.14. The van der Waals surface area contributed by atoms with Crippen molar-refractivity contribution < 1.29 is 18.1 Å². The minimum absolute atomic E-state index is 0.00506. The second-order valence-corrected chi connectivity index (χ2v) is 11.7. The largest absolute Gasteiger partial charge is 0.346 e. The zero-order valence-electron chi connectivity index (χ0n) is 21.9. The van der Waals surface area contributed by atoms with Crippen molar-refractivity contribution >= 4 is 32.3 Å². The van der Waals surface area contributed by atoms with Crippen LogP contribution in [0.25, 0.3) is 22.0 Å². The third-order valence-corrected chi connectivity index (χ3v) is 8.04. The molecule has 1 amide bonds. The van der Waals surface area contributed by atoms with E-state index in [0.717, 1.165) is 27.6 Å². The number of sulfone groups is 1. The number of rotatable bonds is 8. The topological polar surface area (TPSA) is 111 Å². The molecule has 202 valence electrons. The zero-order chi connectivity index (χ0) is 28.4. The summed E-state index contributed by atoms with van der Waals surface area (Å²) in [4.78, 5) is 23.6. The molecule has 1 unspecified atom stereocenters. The standard InChI is InChI=1S/C31H27N3O5S/c1-21(23-11-14-27(15-12-23)34(36)37)32-31(35)26-13-16-29-25(19-26)17-18-33(29)20-22-7-9-24(10-8-22)28-5-3-4-6-30(28)40(2,38)39/h3-19,21H,20H2,1-2H3,(H,32,35). The number of hydrogen-bond acceptors (Lipinski definition) is 5. The summed E-state index contributed by atoms with van der Waals surface area (Å²) in [6.07, 6.45) is 3.19. The van der Waals surface area contributed by atoms with Gasteiger partial charge in [-0.05, 0) is 53.9 Å². The molecule has 0 aliphatic rings. The van der Waals surface area contributed by atoms with Crippen molar-refractivity contribution in [1.29, 1.82) is 0 Å². The van der Waals surface area contributed by atoms with E-state index in [-0.39, 0.29) is 17.6 Å². The summed E-state index contributed by atoms with van der Waals surface area (Å²) in [7, 11) is -3.35. The van der Waals surface area contributed by atoms with Crippen molar-refractivity contribution in [2.75, 3.05) is 6.26 Å². The smallest absolute Gasteiger partial charge is 0.269 e. The average molecular weight is 554 g/mol. The summed E-state index contributed by atoms with van der Waals surface area (Å²) in [6.45, 7) is 2.44. The number of amides is 1. The summed E-state index contributed by atoms with van der Waals surface area (Å²) in [5, 5.41) is 14.8. The first kappa shape index (κ1) is 26.8. The Hall–Kier alpha value is -4.76. The van der Waals surface area contributed by atoms with E-state index in [2.05, 4.69) is 9.88 Å². The van der Waals surface area contributed by atoms with Crippen molar-refractivity contribution in [2.24, 2.45) is 0 Å². The lowest BCUT2D eigenvalue weighted by atomic mass is 10.0. The SMILES string of the molecule is CC(NC(=O)c1ccc2c(ccn2Cc2ccc(-c3ccccc3S(C)(=O)=O)cc2)c1)c1ccc([N+](=O)[O-])cc1. The maximum Gasteiger partial charge on any atom is 0.269 e. The highest BCUT2D eigenvalue weighted by atomic mass is 32.2. The normalized spacial score (nSPS) is 12.2. The number of fused-ring (bicyclic) bond motifs is 1. The first-order chi connectivity index (χ1) is 19.1. The molecule has 8 nitrogen and oxygen atoms in total.